The lowest BCUT2D eigenvalue weighted by Gasteiger charge is -2.33. The molecule has 11 heteroatoms. The standard InChI is InChI=1S/C26H30F4N4O3/c1-26(2,37)21(28)12-31-24(35)33-9-7-16(8-10-33)15-3-5-18(6-4-15)32-25(36)34-13-17-11-20(27)23(30)22(29)19(17)14-34/h3-6,11,16,21,37H,7-10,12-14H2,1-2H3,(H,31,35)(H,32,36)/t21-/m0/s1. The Morgan fingerprint density at radius 3 is 2.30 bits per heavy atom. The van der Waals surface area contributed by atoms with Crippen LogP contribution in [0.4, 0.5) is 32.8 Å². The molecule has 0 spiro atoms. The van der Waals surface area contributed by atoms with Gasteiger partial charge in [-0.15, -0.1) is 0 Å². The molecule has 2 aromatic rings. The van der Waals surface area contributed by atoms with Crippen LogP contribution in [-0.2, 0) is 13.1 Å². The van der Waals surface area contributed by atoms with E-state index in [0.29, 0.717) is 31.6 Å². The van der Waals surface area contributed by atoms with Gasteiger partial charge in [-0.2, -0.15) is 0 Å². The summed E-state index contributed by atoms with van der Waals surface area (Å²) >= 11 is 0. The summed E-state index contributed by atoms with van der Waals surface area (Å²) in [6, 6.07) is 7.30. The molecular weight excluding hydrogens is 492 g/mol. The number of urea groups is 2. The van der Waals surface area contributed by atoms with Crippen molar-refractivity contribution in [2.75, 3.05) is 25.0 Å². The number of likely N-dealkylation sites (tertiary alicyclic amines) is 1. The molecule has 4 rings (SSSR count). The lowest BCUT2D eigenvalue weighted by Crippen LogP contribution is -2.48. The minimum atomic E-state index is -1.57. The van der Waals surface area contributed by atoms with Gasteiger partial charge in [0.2, 0.25) is 0 Å². The summed E-state index contributed by atoms with van der Waals surface area (Å²) in [6.45, 7) is 3.26. The third-order valence-corrected chi connectivity index (χ3v) is 6.97. The second kappa shape index (κ2) is 10.6. The highest BCUT2D eigenvalue weighted by molar-refractivity contribution is 5.89. The summed E-state index contributed by atoms with van der Waals surface area (Å²) in [5, 5.41) is 14.9. The van der Waals surface area contributed by atoms with Crippen LogP contribution in [0.1, 0.15) is 49.3 Å². The van der Waals surface area contributed by atoms with Crippen molar-refractivity contribution in [3.8, 4) is 0 Å². The van der Waals surface area contributed by atoms with Crippen LogP contribution in [0.25, 0.3) is 0 Å². The number of rotatable bonds is 5. The van der Waals surface area contributed by atoms with E-state index >= 15 is 0 Å². The number of halogens is 4. The molecule has 2 aliphatic rings. The molecule has 0 bridgehead atoms. The van der Waals surface area contributed by atoms with E-state index in [9.17, 15) is 32.3 Å². The minimum absolute atomic E-state index is 0.0221. The van der Waals surface area contributed by atoms with Crippen LogP contribution in [0.5, 0.6) is 0 Å². The van der Waals surface area contributed by atoms with E-state index in [1.54, 1.807) is 17.0 Å². The van der Waals surface area contributed by atoms with Crippen molar-refractivity contribution >= 4 is 17.7 Å². The number of amides is 4. The first-order valence-corrected chi connectivity index (χ1v) is 12.1. The van der Waals surface area contributed by atoms with Crippen LogP contribution in [0, 0.1) is 17.5 Å². The third kappa shape index (κ3) is 5.98. The summed E-state index contributed by atoms with van der Waals surface area (Å²) < 4.78 is 54.9. The molecule has 0 saturated carbocycles. The van der Waals surface area contributed by atoms with Gasteiger partial charge in [0.25, 0.3) is 0 Å². The van der Waals surface area contributed by atoms with Crippen LogP contribution in [-0.4, -0.2) is 58.4 Å². The summed E-state index contributed by atoms with van der Waals surface area (Å²) in [6.07, 6.45) is -0.135. The number of piperidine rings is 1. The van der Waals surface area contributed by atoms with Gasteiger partial charge < -0.3 is 25.5 Å². The van der Waals surface area contributed by atoms with Crippen molar-refractivity contribution < 1.29 is 32.3 Å². The Bertz CT molecular complexity index is 1160. The highest BCUT2D eigenvalue weighted by Crippen LogP contribution is 2.31. The minimum Gasteiger partial charge on any atom is -0.387 e. The average molecular weight is 523 g/mol. The molecule has 200 valence electrons. The summed E-state index contributed by atoms with van der Waals surface area (Å²) in [5.74, 6) is -3.87. The van der Waals surface area contributed by atoms with Crippen molar-refractivity contribution in [3.05, 3.63) is 64.5 Å². The normalized spacial score (nSPS) is 16.9. The second-order valence-electron chi connectivity index (χ2n) is 10.1. The Morgan fingerprint density at radius 1 is 1.03 bits per heavy atom. The van der Waals surface area contributed by atoms with Crippen molar-refractivity contribution in [2.24, 2.45) is 0 Å². The molecule has 0 radical (unpaired) electrons. The molecule has 3 N–H and O–H groups in total. The zero-order chi connectivity index (χ0) is 26.9. The molecule has 37 heavy (non-hydrogen) atoms. The summed E-state index contributed by atoms with van der Waals surface area (Å²) in [5.41, 5.74) is 0.259. The molecule has 2 aromatic carbocycles. The van der Waals surface area contributed by atoms with Crippen molar-refractivity contribution in [3.63, 3.8) is 0 Å². The van der Waals surface area contributed by atoms with Crippen LogP contribution in [0.15, 0.2) is 30.3 Å². The van der Waals surface area contributed by atoms with Gasteiger partial charge in [-0.25, -0.2) is 27.2 Å². The van der Waals surface area contributed by atoms with Gasteiger partial charge in [-0.3, -0.25) is 0 Å². The number of hydrogen-bond acceptors (Lipinski definition) is 3. The van der Waals surface area contributed by atoms with Gasteiger partial charge in [-0.05, 0) is 61.9 Å². The van der Waals surface area contributed by atoms with E-state index in [2.05, 4.69) is 10.6 Å². The molecular formula is C26H30F4N4O3. The van der Waals surface area contributed by atoms with Gasteiger partial charge in [0.15, 0.2) is 17.5 Å². The number of fused-ring (bicyclic) bond motifs is 1. The largest absolute Gasteiger partial charge is 0.387 e. The van der Waals surface area contributed by atoms with Crippen LogP contribution in [0.3, 0.4) is 0 Å². The highest BCUT2D eigenvalue weighted by Gasteiger charge is 2.30. The molecule has 0 unspecified atom stereocenters. The SMILES string of the molecule is CC(C)(O)[C@@H](F)CNC(=O)N1CCC(c2ccc(NC(=O)N3Cc4cc(F)c(F)c(F)c4C3)cc2)CC1. The van der Waals surface area contributed by atoms with Gasteiger partial charge in [0, 0.05) is 30.9 Å². The molecule has 4 amide bonds. The lowest BCUT2D eigenvalue weighted by atomic mass is 9.89. The fraction of sp³-hybridized carbons (Fsp3) is 0.462. The first-order chi connectivity index (χ1) is 17.4. The van der Waals surface area contributed by atoms with Crippen molar-refractivity contribution in [1.29, 1.82) is 0 Å². The predicted octanol–water partition coefficient (Wildman–Crippen LogP) is 4.65. The Hall–Kier alpha value is -3.34. The molecule has 1 fully saturated rings. The Balaban J connectivity index is 1.26. The first kappa shape index (κ1) is 26.7. The van der Waals surface area contributed by atoms with Crippen molar-refractivity contribution in [2.45, 2.75) is 57.5 Å². The fourth-order valence-corrected chi connectivity index (χ4v) is 4.59. The third-order valence-electron chi connectivity index (χ3n) is 6.97. The van der Waals surface area contributed by atoms with E-state index in [-0.39, 0.29) is 42.7 Å². The maximum absolute atomic E-state index is 14.0. The molecule has 2 aliphatic heterocycles. The Morgan fingerprint density at radius 2 is 1.68 bits per heavy atom. The van der Waals surface area contributed by atoms with E-state index in [1.165, 1.54) is 18.7 Å². The number of aliphatic hydroxyl groups is 1. The number of anilines is 1. The smallest absolute Gasteiger partial charge is 0.322 e. The molecule has 0 aromatic heterocycles. The molecule has 2 heterocycles. The second-order valence-corrected chi connectivity index (χ2v) is 10.1. The van der Waals surface area contributed by atoms with Crippen molar-refractivity contribution in [1.82, 2.24) is 15.1 Å². The quantitative estimate of drug-likeness (QED) is 0.395. The Labute approximate surface area is 212 Å². The first-order valence-electron chi connectivity index (χ1n) is 12.1. The molecule has 7 nitrogen and oxygen atoms in total. The number of hydrogen-bond donors (Lipinski definition) is 3. The van der Waals surface area contributed by atoms with Gasteiger partial charge in [-0.1, -0.05) is 12.1 Å². The summed E-state index contributed by atoms with van der Waals surface area (Å²) in [4.78, 5) is 27.8. The zero-order valence-corrected chi connectivity index (χ0v) is 20.7. The summed E-state index contributed by atoms with van der Waals surface area (Å²) in [7, 11) is 0. The van der Waals surface area contributed by atoms with Crippen LogP contribution in [0.2, 0.25) is 0 Å². The van der Waals surface area contributed by atoms with E-state index in [1.807, 2.05) is 12.1 Å². The lowest BCUT2D eigenvalue weighted by molar-refractivity contribution is -0.00157. The number of carbonyl (C=O) groups is 2. The molecule has 1 atom stereocenters. The van der Waals surface area contributed by atoms with E-state index in [4.69, 9.17) is 0 Å². The van der Waals surface area contributed by atoms with Gasteiger partial charge in [0.1, 0.15) is 6.17 Å². The maximum Gasteiger partial charge on any atom is 0.322 e. The fourth-order valence-electron chi connectivity index (χ4n) is 4.59. The molecule has 1 saturated heterocycles. The Kier molecular flexibility index (Phi) is 7.63. The highest BCUT2D eigenvalue weighted by atomic mass is 19.2. The van der Waals surface area contributed by atoms with Crippen LogP contribution >= 0.6 is 0 Å². The number of carbonyl (C=O) groups excluding carboxylic acids is 2. The van der Waals surface area contributed by atoms with E-state index in [0.717, 1.165) is 11.6 Å². The topological polar surface area (TPSA) is 84.9 Å². The monoisotopic (exact) mass is 522 g/mol. The number of nitrogens with one attached hydrogen (secondary N) is 2. The molecule has 0 aliphatic carbocycles. The maximum atomic E-state index is 14.0. The average Bonchev–Trinajstić information content (AvgIpc) is 3.30. The van der Waals surface area contributed by atoms with E-state index < -0.39 is 35.3 Å². The van der Waals surface area contributed by atoms with Gasteiger partial charge in [0.05, 0.1) is 18.7 Å². The number of alkyl halides is 1. The number of benzene rings is 2. The zero-order valence-electron chi connectivity index (χ0n) is 20.7. The predicted molar refractivity (Wildman–Crippen MR) is 129 cm³/mol. The number of nitrogens with zero attached hydrogens (tertiary/aromatic N) is 2. The van der Waals surface area contributed by atoms with Gasteiger partial charge >= 0.3 is 12.1 Å². The van der Waals surface area contributed by atoms with Crippen LogP contribution < -0.4 is 10.6 Å².